The van der Waals surface area contributed by atoms with Crippen LogP contribution >= 0.6 is 12.2 Å². The summed E-state index contributed by atoms with van der Waals surface area (Å²) in [5.41, 5.74) is 1.70. The summed E-state index contributed by atoms with van der Waals surface area (Å²) in [4.78, 5) is 13.3. The number of carbonyl (C=O) groups is 1. The van der Waals surface area contributed by atoms with Gasteiger partial charge in [-0.05, 0) is 51.6 Å². The molecule has 24 heavy (non-hydrogen) atoms. The molecule has 0 radical (unpaired) electrons. The van der Waals surface area contributed by atoms with Gasteiger partial charge in [0.2, 0.25) is 5.91 Å². The third kappa shape index (κ3) is 10.2. The molecule has 0 aliphatic rings. The van der Waals surface area contributed by atoms with E-state index < -0.39 is 0 Å². The van der Waals surface area contributed by atoms with Gasteiger partial charge in [0.15, 0.2) is 5.11 Å². The zero-order chi connectivity index (χ0) is 18.8. The maximum atomic E-state index is 11.3. The predicted molar refractivity (Wildman–Crippen MR) is 107 cm³/mol. The normalized spacial score (nSPS) is 12.6. The van der Waals surface area contributed by atoms with E-state index in [9.17, 15) is 4.79 Å². The van der Waals surface area contributed by atoms with E-state index in [4.69, 9.17) is 12.2 Å². The van der Waals surface area contributed by atoms with Gasteiger partial charge in [0, 0.05) is 44.8 Å². The van der Waals surface area contributed by atoms with Gasteiger partial charge in [0.25, 0.3) is 0 Å². The van der Waals surface area contributed by atoms with E-state index >= 15 is 0 Å². The second kappa shape index (κ2) is 11.0. The van der Waals surface area contributed by atoms with Crippen molar-refractivity contribution in [1.82, 2.24) is 20.9 Å². The summed E-state index contributed by atoms with van der Waals surface area (Å²) in [6, 6.07) is 0. The summed E-state index contributed by atoms with van der Waals surface area (Å²) in [5, 5.41) is 10.1. The Hall–Kier alpha value is -1.66. The van der Waals surface area contributed by atoms with Gasteiger partial charge in [0.05, 0.1) is 0 Å². The van der Waals surface area contributed by atoms with Crippen LogP contribution < -0.4 is 16.0 Å². The zero-order valence-corrected chi connectivity index (χ0v) is 16.6. The highest BCUT2D eigenvalue weighted by molar-refractivity contribution is 7.80. The maximum absolute atomic E-state index is 11.3. The summed E-state index contributed by atoms with van der Waals surface area (Å²) >= 11 is 5.41. The van der Waals surface area contributed by atoms with Gasteiger partial charge in [-0.2, -0.15) is 0 Å². The molecule has 0 saturated heterocycles. The molecule has 0 aliphatic heterocycles. The number of nitrogens with zero attached hydrogens (tertiary/aromatic N) is 1. The van der Waals surface area contributed by atoms with Crippen LogP contribution in [0.25, 0.3) is 0 Å². The Kier molecular flexibility index (Phi) is 10.2. The summed E-state index contributed by atoms with van der Waals surface area (Å²) in [7, 11) is 1.96. The molecule has 6 heteroatoms. The van der Waals surface area contributed by atoms with Crippen LogP contribution in [0.5, 0.6) is 0 Å². The fourth-order valence-electron chi connectivity index (χ4n) is 1.87. The van der Waals surface area contributed by atoms with Crippen molar-refractivity contribution in [3.05, 3.63) is 36.1 Å². The van der Waals surface area contributed by atoms with Gasteiger partial charge in [-0.25, -0.2) is 0 Å². The van der Waals surface area contributed by atoms with E-state index in [0.717, 1.165) is 24.4 Å². The third-order valence-corrected chi connectivity index (χ3v) is 3.57. The molecule has 0 fully saturated rings. The lowest BCUT2D eigenvalue weighted by molar-refractivity contribution is -0.118. The molecule has 0 spiro atoms. The standard InChI is InChI=1S/C18H32N4OS/c1-8-10-16(21-14(3)23)15(9-2)13-19-17(24)22(7)12-11-20-18(4,5)6/h8-10,20H,2,11-13H2,1,3-7H3,(H,19,24)(H,21,23)/b10-8+,16-15-. The highest BCUT2D eigenvalue weighted by Gasteiger charge is 2.10. The smallest absolute Gasteiger partial charge is 0.221 e. The minimum atomic E-state index is -0.115. The van der Waals surface area contributed by atoms with E-state index in [-0.39, 0.29) is 11.4 Å². The largest absolute Gasteiger partial charge is 0.358 e. The van der Waals surface area contributed by atoms with Crippen molar-refractivity contribution in [3.63, 3.8) is 0 Å². The first-order valence-electron chi connectivity index (χ1n) is 8.10. The van der Waals surface area contributed by atoms with Crippen molar-refractivity contribution in [2.45, 2.75) is 40.2 Å². The fourth-order valence-corrected chi connectivity index (χ4v) is 2.03. The molecule has 0 aromatic rings. The number of rotatable bonds is 8. The molecule has 0 bridgehead atoms. The van der Waals surface area contributed by atoms with E-state index in [1.54, 1.807) is 6.08 Å². The molecular weight excluding hydrogens is 320 g/mol. The minimum absolute atomic E-state index is 0.0916. The summed E-state index contributed by atoms with van der Waals surface area (Å²) in [6.07, 6.45) is 5.44. The molecule has 0 saturated carbocycles. The highest BCUT2D eigenvalue weighted by atomic mass is 32.1. The maximum Gasteiger partial charge on any atom is 0.221 e. The Balaban J connectivity index is 4.67. The lowest BCUT2D eigenvalue weighted by Gasteiger charge is -2.25. The van der Waals surface area contributed by atoms with Gasteiger partial charge < -0.3 is 20.9 Å². The molecule has 0 heterocycles. The first-order chi connectivity index (χ1) is 11.1. The van der Waals surface area contributed by atoms with Crippen LogP contribution in [0.2, 0.25) is 0 Å². The van der Waals surface area contributed by atoms with E-state index in [1.807, 2.05) is 31.0 Å². The molecule has 0 aliphatic carbocycles. The molecule has 1 amide bonds. The second-order valence-electron chi connectivity index (χ2n) is 6.58. The lowest BCUT2D eigenvalue weighted by atomic mass is 10.1. The van der Waals surface area contributed by atoms with E-state index in [1.165, 1.54) is 6.92 Å². The Morgan fingerprint density at radius 2 is 1.96 bits per heavy atom. The second-order valence-corrected chi connectivity index (χ2v) is 6.97. The van der Waals surface area contributed by atoms with Crippen molar-refractivity contribution in [3.8, 4) is 0 Å². The van der Waals surface area contributed by atoms with Crippen molar-refractivity contribution in [2.75, 3.05) is 26.7 Å². The molecule has 3 N–H and O–H groups in total. The number of allylic oxidation sites excluding steroid dienone is 2. The number of carbonyl (C=O) groups excluding carboxylic acids is 1. The molecule has 5 nitrogen and oxygen atoms in total. The highest BCUT2D eigenvalue weighted by Crippen LogP contribution is 2.05. The van der Waals surface area contributed by atoms with Crippen molar-refractivity contribution >= 4 is 23.2 Å². The number of thiocarbonyl (C=S) groups is 1. The van der Waals surface area contributed by atoms with Gasteiger partial charge in [-0.15, -0.1) is 0 Å². The average molecular weight is 353 g/mol. The summed E-state index contributed by atoms with van der Waals surface area (Å²) in [6.45, 7) is 15.8. The van der Waals surface area contributed by atoms with Crippen LogP contribution in [0.4, 0.5) is 0 Å². The summed E-state index contributed by atoms with van der Waals surface area (Å²) < 4.78 is 0. The number of hydrogen-bond donors (Lipinski definition) is 3. The Morgan fingerprint density at radius 1 is 1.33 bits per heavy atom. The Morgan fingerprint density at radius 3 is 2.42 bits per heavy atom. The third-order valence-electron chi connectivity index (χ3n) is 3.12. The van der Waals surface area contributed by atoms with Crippen molar-refractivity contribution < 1.29 is 4.79 Å². The Bertz CT molecular complexity index is 504. The van der Waals surface area contributed by atoms with Gasteiger partial charge in [-0.3, -0.25) is 4.79 Å². The quantitative estimate of drug-likeness (QED) is 0.462. The van der Waals surface area contributed by atoms with E-state index in [0.29, 0.717) is 11.7 Å². The SMILES string of the molecule is C=C/C(CNC(=S)N(C)CCNC(C)(C)C)=C(\C=C\C)NC(C)=O. The van der Waals surface area contributed by atoms with Gasteiger partial charge in [0.1, 0.15) is 0 Å². The fraction of sp³-hybridized carbons (Fsp3) is 0.556. The molecular formula is C18H32N4OS. The van der Waals surface area contributed by atoms with Crippen molar-refractivity contribution in [1.29, 1.82) is 0 Å². The number of hydrogen-bond acceptors (Lipinski definition) is 3. The average Bonchev–Trinajstić information content (AvgIpc) is 2.45. The van der Waals surface area contributed by atoms with Crippen LogP contribution in [-0.2, 0) is 4.79 Å². The van der Waals surface area contributed by atoms with Crippen LogP contribution in [0.1, 0.15) is 34.6 Å². The molecule has 136 valence electrons. The number of likely N-dealkylation sites (N-methyl/N-ethyl adjacent to an activating group) is 1. The zero-order valence-electron chi connectivity index (χ0n) is 15.8. The van der Waals surface area contributed by atoms with Crippen molar-refractivity contribution in [2.24, 2.45) is 0 Å². The minimum Gasteiger partial charge on any atom is -0.358 e. The van der Waals surface area contributed by atoms with Crippen LogP contribution in [0.15, 0.2) is 36.1 Å². The number of nitrogens with one attached hydrogen (secondary N) is 3. The molecule has 0 atom stereocenters. The van der Waals surface area contributed by atoms with E-state index in [2.05, 4.69) is 43.3 Å². The van der Waals surface area contributed by atoms with Gasteiger partial charge >= 0.3 is 0 Å². The van der Waals surface area contributed by atoms with Gasteiger partial charge in [-0.1, -0.05) is 18.7 Å². The van der Waals surface area contributed by atoms with Crippen LogP contribution in [0, 0.1) is 0 Å². The molecule has 0 aromatic heterocycles. The molecule has 0 rings (SSSR count). The molecule has 0 unspecified atom stereocenters. The lowest BCUT2D eigenvalue weighted by Crippen LogP contribution is -2.44. The first kappa shape index (κ1) is 22.3. The predicted octanol–water partition coefficient (Wildman–Crippen LogP) is 2.33. The number of amides is 1. The monoisotopic (exact) mass is 352 g/mol. The topological polar surface area (TPSA) is 56.4 Å². The van der Waals surface area contributed by atoms with Crippen LogP contribution in [0.3, 0.4) is 0 Å². The summed E-state index contributed by atoms with van der Waals surface area (Å²) in [5.74, 6) is -0.115. The molecule has 0 aromatic carbocycles. The van der Waals surface area contributed by atoms with Crippen LogP contribution in [-0.4, -0.2) is 48.1 Å². The Labute approximate surface area is 152 Å². The first-order valence-corrected chi connectivity index (χ1v) is 8.51.